The van der Waals surface area contributed by atoms with Crippen molar-refractivity contribution in [2.24, 2.45) is 0 Å². The second-order valence-corrected chi connectivity index (χ2v) is 2.94. The van der Waals surface area contributed by atoms with E-state index >= 15 is 0 Å². The number of amides is 1. The molecule has 72 valence electrons. The van der Waals surface area contributed by atoms with E-state index in [4.69, 9.17) is 0 Å². The van der Waals surface area contributed by atoms with Crippen LogP contribution in [0.4, 0.5) is 0 Å². The molecule has 0 radical (unpaired) electrons. The highest BCUT2D eigenvalue weighted by molar-refractivity contribution is 5.91. The molecule has 1 amide bonds. The summed E-state index contributed by atoms with van der Waals surface area (Å²) in [5, 5.41) is 9.71. The van der Waals surface area contributed by atoms with E-state index in [0.717, 1.165) is 19.4 Å². The molecule has 0 bridgehead atoms. The third-order valence-electron chi connectivity index (χ3n) is 1.83. The molecule has 0 aromatic carbocycles. The van der Waals surface area contributed by atoms with E-state index in [1.165, 1.54) is 6.20 Å². The third-order valence-corrected chi connectivity index (χ3v) is 1.83. The molecule has 13 heavy (non-hydrogen) atoms. The van der Waals surface area contributed by atoms with Crippen LogP contribution >= 0.6 is 0 Å². The normalized spacial score (nSPS) is 10.0. The van der Waals surface area contributed by atoms with Gasteiger partial charge in [0.15, 0.2) is 5.69 Å². The van der Waals surface area contributed by atoms with E-state index in [0.29, 0.717) is 5.69 Å². The lowest BCUT2D eigenvalue weighted by Crippen LogP contribution is -2.27. The molecular formula is C8H14N4O. The van der Waals surface area contributed by atoms with Gasteiger partial charge >= 0.3 is 0 Å². The first-order valence-electron chi connectivity index (χ1n) is 4.37. The lowest BCUT2D eigenvalue weighted by molar-refractivity contribution is 0.0787. The Morgan fingerprint density at radius 1 is 1.69 bits per heavy atom. The number of nitrogens with zero attached hydrogens (tertiary/aromatic N) is 3. The predicted molar refractivity (Wildman–Crippen MR) is 48.3 cm³/mol. The third kappa shape index (κ3) is 2.54. The van der Waals surface area contributed by atoms with E-state index < -0.39 is 0 Å². The van der Waals surface area contributed by atoms with Crippen molar-refractivity contribution < 1.29 is 4.79 Å². The van der Waals surface area contributed by atoms with Crippen LogP contribution < -0.4 is 0 Å². The summed E-state index contributed by atoms with van der Waals surface area (Å²) in [6.45, 7) is 2.86. The van der Waals surface area contributed by atoms with Gasteiger partial charge in [0.25, 0.3) is 5.91 Å². The van der Waals surface area contributed by atoms with Gasteiger partial charge in [0.1, 0.15) is 0 Å². The van der Waals surface area contributed by atoms with Gasteiger partial charge in [0.2, 0.25) is 0 Å². The van der Waals surface area contributed by atoms with Crippen LogP contribution in [-0.2, 0) is 0 Å². The Morgan fingerprint density at radius 2 is 2.46 bits per heavy atom. The van der Waals surface area contributed by atoms with E-state index in [-0.39, 0.29) is 5.91 Å². The molecule has 5 heteroatoms. The first kappa shape index (κ1) is 9.70. The Bertz CT molecular complexity index is 257. The predicted octanol–water partition coefficient (Wildman–Crippen LogP) is 0.677. The van der Waals surface area contributed by atoms with Crippen molar-refractivity contribution in [1.29, 1.82) is 0 Å². The van der Waals surface area contributed by atoms with Crippen molar-refractivity contribution in [3.8, 4) is 0 Å². The molecule has 0 aliphatic rings. The van der Waals surface area contributed by atoms with Gasteiger partial charge < -0.3 is 4.90 Å². The number of nitrogens with one attached hydrogen (secondary N) is 1. The maximum absolute atomic E-state index is 11.5. The van der Waals surface area contributed by atoms with Crippen LogP contribution in [0.5, 0.6) is 0 Å². The van der Waals surface area contributed by atoms with Gasteiger partial charge in [-0.05, 0) is 6.42 Å². The van der Waals surface area contributed by atoms with Gasteiger partial charge in [0.05, 0.1) is 6.20 Å². The van der Waals surface area contributed by atoms with Crippen LogP contribution in [0.25, 0.3) is 0 Å². The molecular weight excluding hydrogens is 168 g/mol. The van der Waals surface area contributed by atoms with Crippen LogP contribution in [0.3, 0.4) is 0 Å². The Hall–Kier alpha value is -1.39. The quantitative estimate of drug-likeness (QED) is 0.744. The number of hydrogen-bond acceptors (Lipinski definition) is 3. The molecule has 0 fully saturated rings. The van der Waals surface area contributed by atoms with Gasteiger partial charge in [-0.3, -0.25) is 4.79 Å². The van der Waals surface area contributed by atoms with Gasteiger partial charge in [-0.1, -0.05) is 13.3 Å². The number of aromatic amines is 1. The van der Waals surface area contributed by atoms with E-state index in [1.807, 2.05) is 0 Å². The summed E-state index contributed by atoms with van der Waals surface area (Å²) >= 11 is 0. The molecule has 1 rings (SSSR count). The Balaban J connectivity index is 2.48. The number of aromatic nitrogens is 3. The molecule has 1 aromatic rings. The first-order valence-corrected chi connectivity index (χ1v) is 4.37. The van der Waals surface area contributed by atoms with Crippen molar-refractivity contribution in [3.63, 3.8) is 0 Å². The summed E-state index contributed by atoms with van der Waals surface area (Å²) in [5.74, 6) is -0.0813. The zero-order valence-corrected chi connectivity index (χ0v) is 7.95. The molecule has 1 aromatic heterocycles. The lowest BCUT2D eigenvalue weighted by Gasteiger charge is -2.14. The van der Waals surface area contributed by atoms with Crippen molar-refractivity contribution in [2.75, 3.05) is 13.6 Å². The molecule has 0 saturated carbocycles. The summed E-state index contributed by atoms with van der Waals surface area (Å²) in [7, 11) is 1.77. The number of carbonyl (C=O) groups is 1. The SMILES string of the molecule is CCCCN(C)C(=O)c1cn[nH]n1. The number of H-pyrrole nitrogens is 1. The largest absolute Gasteiger partial charge is 0.340 e. The fraction of sp³-hybridized carbons (Fsp3) is 0.625. The van der Waals surface area contributed by atoms with Crippen molar-refractivity contribution in [1.82, 2.24) is 20.3 Å². The van der Waals surface area contributed by atoms with E-state index in [1.54, 1.807) is 11.9 Å². The standard InChI is InChI=1S/C8H14N4O/c1-3-4-5-12(2)8(13)7-6-9-11-10-7/h6H,3-5H2,1-2H3,(H,9,10,11). The fourth-order valence-corrected chi connectivity index (χ4v) is 0.997. The van der Waals surface area contributed by atoms with Crippen LogP contribution in [0, 0.1) is 0 Å². The second-order valence-electron chi connectivity index (χ2n) is 2.94. The summed E-state index contributed by atoms with van der Waals surface area (Å²) in [6.07, 6.45) is 3.53. The second kappa shape index (κ2) is 4.59. The maximum Gasteiger partial charge on any atom is 0.275 e. The number of carbonyl (C=O) groups excluding carboxylic acids is 1. The Labute approximate surface area is 77.1 Å². The van der Waals surface area contributed by atoms with Crippen LogP contribution in [0.2, 0.25) is 0 Å². The highest BCUT2D eigenvalue weighted by Gasteiger charge is 2.12. The van der Waals surface area contributed by atoms with Crippen molar-refractivity contribution in [2.45, 2.75) is 19.8 Å². The summed E-state index contributed by atoms with van der Waals surface area (Å²) < 4.78 is 0. The lowest BCUT2D eigenvalue weighted by atomic mass is 10.3. The monoisotopic (exact) mass is 182 g/mol. The highest BCUT2D eigenvalue weighted by Crippen LogP contribution is 1.98. The number of hydrogen-bond donors (Lipinski definition) is 1. The van der Waals surface area contributed by atoms with Gasteiger partial charge in [-0.15, -0.1) is 0 Å². The molecule has 0 spiro atoms. The minimum atomic E-state index is -0.0813. The molecule has 0 unspecified atom stereocenters. The molecule has 0 atom stereocenters. The molecule has 1 N–H and O–H groups in total. The van der Waals surface area contributed by atoms with E-state index in [9.17, 15) is 4.79 Å². The zero-order valence-electron chi connectivity index (χ0n) is 7.95. The topological polar surface area (TPSA) is 61.9 Å². The number of unbranched alkanes of at least 4 members (excludes halogenated alkanes) is 1. The molecule has 5 nitrogen and oxygen atoms in total. The minimum absolute atomic E-state index is 0.0813. The maximum atomic E-state index is 11.5. The highest BCUT2D eigenvalue weighted by atomic mass is 16.2. The average Bonchev–Trinajstić information content (AvgIpc) is 2.65. The van der Waals surface area contributed by atoms with Crippen LogP contribution in [0.15, 0.2) is 6.20 Å². The Morgan fingerprint density at radius 3 is 3.00 bits per heavy atom. The van der Waals surface area contributed by atoms with Gasteiger partial charge in [-0.2, -0.15) is 15.4 Å². The fourth-order valence-electron chi connectivity index (χ4n) is 0.997. The van der Waals surface area contributed by atoms with Crippen molar-refractivity contribution in [3.05, 3.63) is 11.9 Å². The molecule has 1 heterocycles. The average molecular weight is 182 g/mol. The smallest absolute Gasteiger partial charge is 0.275 e. The minimum Gasteiger partial charge on any atom is -0.340 e. The zero-order chi connectivity index (χ0) is 9.68. The van der Waals surface area contributed by atoms with Crippen LogP contribution in [-0.4, -0.2) is 39.8 Å². The summed E-state index contributed by atoms with van der Waals surface area (Å²) in [5.41, 5.74) is 0.374. The first-order chi connectivity index (χ1) is 6.25. The summed E-state index contributed by atoms with van der Waals surface area (Å²) in [4.78, 5) is 13.2. The van der Waals surface area contributed by atoms with Gasteiger partial charge in [-0.25, -0.2) is 0 Å². The number of rotatable bonds is 4. The van der Waals surface area contributed by atoms with E-state index in [2.05, 4.69) is 22.3 Å². The van der Waals surface area contributed by atoms with Crippen molar-refractivity contribution >= 4 is 5.91 Å². The molecule has 0 aliphatic heterocycles. The molecule has 0 aliphatic carbocycles. The Kier molecular flexibility index (Phi) is 3.42. The van der Waals surface area contributed by atoms with Gasteiger partial charge in [0, 0.05) is 13.6 Å². The van der Waals surface area contributed by atoms with Crippen LogP contribution in [0.1, 0.15) is 30.3 Å². The molecule has 0 saturated heterocycles. The summed E-state index contributed by atoms with van der Waals surface area (Å²) in [6, 6.07) is 0.